The van der Waals surface area contributed by atoms with Crippen molar-refractivity contribution in [2.75, 3.05) is 42.9 Å². The number of aromatic nitrogens is 3. The van der Waals surface area contributed by atoms with Gasteiger partial charge < -0.3 is 26.0 Å². The van der Waals surface area contributed by atoms with Crippen LogP contribution < -0.4 is 16.0 Å². The van der Waals surface area contributed by atoms with Gasteiger partial charge in [-0.05, 0) is 42.9 Å². The second-order valence-corrected chi connectivity index (χ2v) is 8.44. The molecule has 1 saturated heterocycles. The molecule has 0 saturated carbocycles. The number of carbonyl (C=O) groups excluding carboxylic acids is 1. The molecule has 0 aliphatic carbocycles. The van der Waals surface area contributed by atoms with Crippen molar-refractivity contribution in [2.45, 2.75) is 6.92 Å². The first-order valence-electron chi connectivity index (χ1n) is 11.4. The molecule has 35 heavy (non-hydrogen) atoms. The third-order valence-corrected chi connectivity index (χ3v) is 6.29. The number of piperazine rings is 1. The predicted molar refractivity (Wildman–Crippen MR) is 133 cm³/mol. The summed E-state index contributed by atoms with van der Waals surface area (Å²) < 4.78 is 16.3. The van der Waals surface area contributed by atoms with Gasteiger partial charge in [0, 0.05) is 49.1 Å². The van der Waals surface area contributed by atoms with Crippen molar-refractivity contribution in [1.82, 2.24) is 19.4 Å². The first-order valence-corrected chi connectivity index (χ1v) is 11.4. The van der Waals surface area contributed by atoms with Gasteiger partial charge in [0.25, 0.3) is 5.91 Å². The summed E-state index contributed by atoms with van der Waals surface area (Å²) >= 11 is 0. The molecule has 10 heteroatoms. The smallest absolute Gasteiger partial charge is 0.250 e. The van der Waals surface area contributed by atoms with E-state index in [-0.39, 0.29) is 23.1 Å². The Morgan fingerprint density at radius 1 is 1.17 bits per heavy atom. The van der Waals surface area contributed by atoms with Crippen LogP contribution in [0, 0.1) is 5.82 Å². The number of nitrogens with one attached hydrogen (secondary N) is 1. The lowest BCUT2D eigenvalue weighted by Crippen LogP contribution is -2.46. The summed E-state index contributed by atoms with van der Waals surface area (Å²) in [7, 11) is 0. The molecule has 0 spiro atoms. The zero-order chi connectivity index (χ0) is 24.5. The van der Waals surface area contributed by atoms with Gasteiger partial charge in [-0.15, -0.1) is 0 Å². The molecule has 4 N–H and O–H groups in total. The number of phenolic OH excluding ortho intramolecular Hbond substituents is 1. The lowest BCUT2D eigenvalue weighted by Gasteiger charge is -2.35. The maximum absolute atomic E-state index is 14.8. The number of likely N-dealkylation sites (N-methyl/N-ethyl adjacent to an activating group) is 1. The number of aromatic hydroxyl groups is 1. The van der Waals surface area contributed by atoms with Gasteiger partial charge in [-0.2, -0.15) is 4.98 Å². The number of carbonyl (C=O) groups is 1. The van der Waals surface area contributed by atoms with Crippen LogP contribution in [0.25, 0.3) is 16.7 Å². The third kappa shape index (κ3) is 4.47. The largest absolute Gasteiger partial charge is 0.508 e. The van der Waals surface area contributed by atoms with Crippen LogP contribution in [0.1, 0.15) is 17.3 Å². The molecule has 1 aliphatic rings. The van der Waals surface area contributed by atoms with E-state index in [1.165, 1.54) is 22.9 Å². The summed E-state index contributed by atoms with van der Waals surface area (Å²) in [4.78, 5) is 25.2. The molecule has 1 aliphatic heterocycles. The number of phenols is 1. The average Bonchev–Trinajstić information content (AvgIpc) is 3.24. The van der Waals surface area contributed by atoms with Crippen LogP contribution in [0.5, 0.6) is 5.75 Å². The van der Waals surface area contributed by atoms with Gasteiger partial charge in [0.2, 0.25) is 5.95 Å². The molecule has 4 aromatic rings. The summed E-state index contributed by atoms with van der Waals surface area (Å²) in [5.74, 6) is -1.23. The quantitative estimate of drug-likeness (QED) is 0.392. The van der Waals surface area contributed by atoms with Gasteiger partial charge in [-0.1, -0.05) is 13.0 Å². The monoisotopic (exact) mass is 475 g/mol. The van der Waals surface area contributed by atoms with E-state index < -0.39 is 11.7 Å². The molecule has 180 valence electrons. The standard InChI is InChI=1S/C25H26FN7O2/c1-2-31-8-10-32(11-9-31)17-5-3-4-16(12-17)29-25-28-14-21(26)24(30-25)33-15-20(23(27)35)19-13-18(34)6-7-22(19)33/h3-7,12-15,34H,2,8-11H2,1H3,(H2,27,35)(H,28,29,30). The molecule has 2 aromatic carbocycles. The minimum absolute atomic E-state index is 0.0285. The minimum atomic E-state index is -0.691. The Balaban J connectivity index is 1.45. The van der Waals surface area contributed by atoms with E-state index in [0.717, 1.165) is 50.3 Å². The normalized spacial score (nSPS) is 14.4. The maximum Gasteiger partial charge on any atom is 0.250 e. The summed E-state index contributed by atoms with van der Waals surface area (Å²) in [6.07, 6.45) is 2.49. The highest BCUT2D eigenvalue weighted by Gasteiger charge is 2.19. The summed E-state index contributed by atoms with van der Waals surface area (Å²) in [5, 5.41) is 13.4. The van der Waals surface area contributed by atoms with E-state index >= 15 is 0 Å². The fourth-order valence-electron chi connectivity index (χ4n) is 4.41. The molecule has 0 unspecified atom stereocenters. The number of anilines is 3. The Bertz CT molecular complexity index is 1400. The van der Waals surface area contributed by atoms with Gasteiger partial charge in [0.05, 0.1) is 17.3 Å². The van der Waals surface area contributed by atoms with E-state index in [1.807, 2.05) is 18.2 Å². The van der Waals surface area contributed by atoms with Crippen LogP contribution in [0.2, 0.25) is 0 Å². The van der Waals surface area contributed by atoms with E-state index in [9.17, 15) is 14.3 Å². The van der Waals surface area contributed by atoms with Crippen LogP contribution >= 0.6 is 0 Å². The van der Waals surface area contributed by atoms with Gasteiger partial charge in [0.15, 0.2) is 11.6 Å². The third-order valence-electron chi connectivity index (χ3n) is 6.29. The van der Waals surface area contributed by atoms with E-state index in [1.54, 1.807) is 6.07 Å². The predicted octanol–water partition coefficient (Wildman–Crippen LogP) is 3.25. The molecule has 1 fully saturated rings. The second kappa shape index (κ2) is 9.22. The van der Waals surface area contributed by atoms with Crippen LogP contribution in [-0.2, 0) is 0 Å². The summed E-state index contributed by atoms with van der Waals surface area (Å²) in [6.45, 7) is 7.17. The van der Waals surface area contributed by atoms with Gasteiger partial charge in [-0.25, -0.2) is 9.37 Å². The van der Waals surface area contributed by atoms with Crippen molar-refractivity contribution >= 4 is 34.1 Å². The van der Waals surface area contributed by atoms with Crippen LogP contribution in [0.3, 0.4) is 0 Å². The van der Waals surface area contributed by atoms with Crippen molar-refractivity contribution in [1.29, 1.82) is 0 Å². The molecule has 9 nitrogen and oxygen atoms in total. The molecular formula is C25H26FN7O2. The van der Waals surface area contributed by atoms with Crippen molar-refractivity contribution in [3.8, 4) is 11.6 Å². The number of nitrogens with two attached hydrogens (primary N) is 1. The number of fused-ring (bicyclic) bond motifs is 1. The molecule has 2 aromatic heterocycles. The Morgan fingerprint density at radius 2 is 1.97 bits per heavy atom. The number of hydrogen-bond acceptors (Lipinski definition) is 7. The highest BCUT2D eigenvalue weighted by Crippen LogP contribution is 2.29. The lowest BCUT2D eigenvalue weighted by molar-refractivity contribution is 0.100. The first-order chi connectivity index (χ1) is 16.9. The van der Waals surface area contributed by atoms with Gasteiger partial charge in [0.1, 0.15) is 5.75 Å². The molecule has 3 heterocycles. The molecule has 5 rings (SSSR count). The molecular weight excluding hydrogens is 449 g/mol. The van der Waals surface area contributed by atoms with E-state index in [4.69, 9.17) is 5.73 Å². The first kappa shape index (κ1) is 22.6. The number of hydrogen-bond donors (Lipinski definition) is 3. The van der Waals surface area contributed by atoms with Crippen molar-refractivity contribution in [3.05, 3.63) is 66.2 Å². The molecule has 0 bridgehead atoms. The van der Waals surface area contributed by atoms with Gasteiger partial charge in [-0.3, -0.25) is 9.36 Å². The summed E-state index contributed by atoms with van der Waals surface area (Å²) in [5.41, 5.74) is 8.00. The Morgan fingerprint density at radius 3 is 2.71 bits per heavy atom. The van der Waals surface area contributed by atoms with Crippen LogP contribution in [0.4, 0.5) is 21.7 Å². The molecule has 0 atom stereocenters. The Labute approximate surface area is 201 Å². The molecule has 1 amide bonds. The highest BCUT2D eigenvalue weighted by atomic mass is 19.1. The average molecular weight is 476 g/mol. The number of rotatable bonds is 6. The Kier molecular flexibility index (Phi) is 5.96. The fraction of sp³-hybridized carbons (Fsp3) is 0.240. The van der Waals surface area contributed by atoms with E-state index in [2.05, 4.69) is 38.1 Å². The SMILES string of the molecule is CCN1CCN(c2cccc(Nc3ncc(F)c(-n4cc(C(N)=O)c5cc(O)ccc54)n3)c2)CC1. The highest BCUT2D eigenvalue weighted by molar-refractivity contribution is 6.07. The van der Waals surface area contributed by atoms with Crippen LogP contribution in [-0.4, -0.2) is 63.2 Å². The zero-order valence-electron chi connectivity index (χ0n) is 19.3. The summed E-state index contributed by atoms with van der Waals surface area (Å²) in [6, 6.07) is 12.4. The number of halogens is 1. The number of amides is 1. The lowest BCUT2D eigenvalue weighted by atomic mass is 10.1. The zero-order valence-corrected chi connectivity index (χ0v) is 19.3. The Hall–Kier alpha value is -4.18. The van der Waals surface area contributed by atoms with Crippen molar-refractivity contribution in [2.24, 2.45) is 5.73 Å². The van der Waals surface area contributed by atoms with Gasteiger partial charge >= 0.3 is 0 Å². The fourth-order valence-corrected chi connectivity index (χ4v) is 4.41. The molecule has 0 radical (unpaired) electrons. The van der Waals surface area contributed by atoms with Crippen molar-refractivity contribution < 1.29 is 14.3 Å². The topological polar surface area (TPSA) is 113 Å². The number of primary amides is 1. The second-order valence-electron chi connectivity index (χ2n) is 8.44. The maximum atomic E-state index is 14.8. The minimum Gasteiger partial charge on any atom is -0.508 e. The van der Waals surface area contributed by atoms with Crippen LogP contribution in [0.15, 0.2) is 54.9 Å². The van der Waals surface area contributed by atoms with Crippen molar-refractivity contribution in [3.63, 3.8) is 0 Å². The number of benzene rings is 2. The van der Waals surface area contributed by atoms with E-state index in [0.29, 0.717) is 10.9 Å². The number of nitrogens with zero attached hydrogens (tertiary/aromatic N) is 5.